The highest BCUT2D eigenvalue weighted by atomic mass is 16.3. The first kappa shape index (κ1) is 11.5. The van der Waals surface area contributed by atoms with Crippen molar-refractivity contribution in [3.05, 3.63) is 52.6 Å². The summed E-state index contributed by atoms with van der Waals surface area (Å²) in [5.74, 6) is 0. The molecule has 2 nitrogen and oxygen atoms in total. The molecule has 2 atom stereocenters. The Labute approximate surface area is 106 Å². The van der Waals surface area contributed by atoms with Crippen molar-refractivity contribution in [1.29, 1.82) is 0 Å². The van der Waals surface area contributed by atoms with Gasteiger partial charge < -0.3 is 10.2 Å². The molecule has 2 aromatic rings. The summed E-state index contributed by atoms with van der Waals surface area (Å²) in [6.45, 7) is 4.07. The maximum Gasteiger partial charge on any atom is 0.109 e. The van der Waals surface area contributed by atoms with E-state index in [2.05, 4.69) is 19.1 Å². The van der Waals surface area contributed by atoms with Crippen molar-refractivity contribution in [3.63, 3.8) is 0 Å². The van der Waals surface area contributed by atoms with Gasteiger partial charge in [0, 0.05) is 0 Å². The molecule has 2 N–H and O–H groups in total. The maximum atomic E-state index is 10.2. The number of hydrogen-bond acceptors (Lipinski definition) is 2. The van der Waals surface area contributed by atoms with Crippen LogP contribution < -0.4 is 0 Å². The van der Waals surface area contributed by atoms with Crippen molar-refractivity contribution < 1.29 is 10.2 Å². The fraction of sp³-hybridized carbons (Fsp3) is 0.250. The Morgan fingerprint density at radius 3 is 2.22 bits per heavy atom. The molecule has 0 amide bonds. The number of fused-ring (bicyclic) bond motifs is 2. The molecule has 0 aliphatic heterocycles. The fourth-order valence-electron chi connectivity index (χ4n) is 2.90. The third-order valence-corrected chi connectivity index (χ3v) is 3.91. The number of aryl methyl sites for hydroxylation is 2. The molecular formula is C16H16O2. The first-order valence-electron chi connectivity index (χ1n) is 6.17. The quantitative estimate of drug-likeness (QED) is 0.743. The van der Waals surface area contributed by atoms with Gasteiger partial charge in [0.05, 0.1) is 0 Å². The van der Waals surface area contributed by atoms with Gasteiger partial charge in [-0.15, -0.1) is 0 Å². The summed E-state index contributed by atoms with van der Waals surface area (Å²) >= 11 is 0. The van der Waals surface area contributed by atoms with Crippen LogP contribution in [0.3, 0.4) is 0 Å². The minimum absolute atomic E-state index is 0.809. The number of aliphatic hydroxyl groups is 2. The summed E-state index contributed by atoms with van der Waals surface area (Å²) in [6.07, 6.45) is 1.94. The van der Waals surface area contributed by atoms with Gasteiger partial charge in [0.2, 0.25) is 0 Å². The summed E-state index contributed by atoms with van der Waals surface area (Å²) in [5.41, 5.74) is 4.13. The lowest BCUT2D eigenvalue weighted by atomic mass is 9.83. The van der Waals surface area contributed by atoms with Crippen molar-refractivity contribution in [2.75, 3.05) is 0 Å². The Balaban J connectivity index is 2.46. The average Bonchev–Trinajstić information content (AvgIpc) is 2.39. The SMILES string of the molecule is Cc1c2c(c(C)c3ccccc13)C(O)C(O)C=C2. The van der Waals surface area contributed by atoms with Gasteiger partial charge in [-0.1, -0.05) is 36.4 Å². The summed E-state index contributed by atoms with van der Waals surface area (Å²) in [4.78, 5) is 0. The first-order chi connectivity index (χ1) is 8.61. The van der Waals surface area contributed by atoms with Crippen LogP contribution in [0.4, 0.5) is 0 Å². The Morgan fingerprint density at radius 1 is 0.944 bits per heavy atom. The van der Waals surface area contributed by atoms with Gasteiger partial charge in [-0.05, 0) is 46.9 Å². The highest BCUT2D eigenvalue weighted by molar-refractivity contribution is 5.93. The van der Waals surface area contributed by atoms with Crippen molar-refractivity contribution in [2.45, 2.75) is 26.1 Å². The van der Waals surface area contributed by atoms with Gasteiger partial charge >= 0.3 is 0 Å². The molecule has 2 heteroatoms. The van der Waals surface area contributed by atoms with Gasteiger partial charge in [-0.2, -0.15) is 0 Å². The monoisotopic (exact) mass is 240 g/mol. The molecule has 3 rings (SSSR count). The maximum absolute atomic E-state index is 10.2. The molecule has 0 heterocycles. The molecule has 0 bridgehead atoms. The minimum Gasteiger partial charge on any atom is -0.386 e. The van der Waals surface area contributed by atoms with E-state index in [1.165, 1.54) is 5.39 Å². The molecule has 92 valence electrons. The molecule has 1 aliphatic rings. The van der Waals surface area contributed by atoms with Crippen LogP contribution in [0.15, 0.2) is 30.3 Å². The summed E-state index contributed by atoms with van der Waals surface area (Å²) in [5, 5.41) is 22.3. The van der Waals surface area contributed by atoms with Gasteiger partial charge in [-0.25, -0.2) is 0 Å². The summed E-state index contributed by atoms with van der Waals surface area (Å²) in [7, 11) is 0. The number of benzene rings is 2. The van der Waals surface area contributed by atoms with Crippen LogP contribution in [-0.2, 0) is 0 Å². The van der Waals surface area contributed by atoms with Gasteiger partial charge in [0.1, 0.15) is 12.2 Å². The fourth-order valence-corrected chi connectivity index (χ4v) is 2.90. The van der Waals surface area contributed by atoms with E-state index >= 15 is 0 Å². The van der Waals surface area contributed by atoms with Crippen molar-refractivity contribution in [2.24, 2.45) is 0 Å². The predicted octanol–water partition coefficient (Wildman–Crippen LogP) is 2.88. The molecule has 0 radical (unpaired) electrons. The summed E-state index contributed by atoms with van der Waals surface area (Å²) < 4.78 is 0. The van der Waals surface area contributed by atoms with Crippen LogP contribution in [-0.4, -0.2) is 16.3 Å². The lowest BCUT2D eigenvalue weighted by Crippen LogP contribution is -2.21. The lowest BCUT2D eigenvalue weighted by Gasteiger charge is -2.26. The molecule has 2 unspecified atom stereocenters. The van der Waals surface area contributed by atoms with E-state index in [-0.39, 0.29) is 0 Å². The first-order valence-corrected chi connectivity index (χ1v) is 6.17. The number of hydrogen-bond donors (Lipinski definition) is 2. The van der Waals surface area contributed by atoms with Crippen molar-refractivity contribution in [3.8, 4) is 0 Å². The highest BCUT2D eigenvalue weighted by Crippen LogP contribution is 2.38. The molecule has 0 saturated carbocycles. The topological polar surface area (TPSA) is 40.5 Å². The van der Waals surface area contributed by atoms with Crippen LogP contribution >= 0.6 is 0 Å². The smallest absolute Gasteiger partial charge is 0.109 e. The lowest BCUT2D eigenvalue weighted by molar-refractivity contribution is 0.0466. The third kappa shape index (κ3) is 1.43. The Bertz CT molecular complexity index is 656. The van der Waals surface area contributed by atoms with E-state index in [0.717, 1.165) is 27.6 Å². The van der Waals surface area contributed by atoms with Crippen LogP contribution in [0.5, 0.6) is 0 Å². The average molecular weight is 240 g/mol. The zero-order valence-electron chi connectivity index (χ0n) is 10.5. The highest BCUT2D eigenvalue weighted by Gasteiger charge is 2.26. The number of aliphatic hydroxyl groups excluding tert-OH is 2. The second-order valence-electron chi connectivity index (χ2n) is 4.92. The zero-order valence-corrected chi connectivity index (χ0v) is 10.5. The van der Waals surface area contributed by atoms with E-state index in [1.54, 1.807) is 6.08 Å². The second-order valence-corrected chi connectivity index (χ2v) is 4.92. The van der Waals surface area contributed by atoms with Gasteiger partial charge in [0.25, 0.3) is 0 Å². The van der Waals surface area contributed by atoms with Crippen LogP contribution in [0, 0.1) is 13.8 Å². The van der Waals surface area contributed by atoms with E-state index in [1.807, 2.05) is 25.1 Å². The van der Waals surface area contributed by atoms with Crippen LogP contribution in [0.2, 0.25) is 0 Å². The van der Waals surface area contributed by atoms with Gasteiger partial charge in [-0.3, -0.25) is 0 Å². The van der Waals surface area contributed by atoms with E-state index in [4.69, 9.17) is 0 Å². The molecular weight excluding hydrogens is 224 g/mol. The molecule has 18 heavy (non-hydrogen) atoms. The van der Waals surface area contributed by atoms with E-state index in [9.17, 15) is 10.2 Å². The van der Waals surface area contributed by atoms with Gasteiger partial charge in [0.15, 0.2) is 0 Å². The van der Waals surface area contributed by atoms with E-state index < -0.39 is 12.2 Å². The molecule has 0 fully saturated rings. The van der Waals surface area contributed by atoms with Crippen molar-refractivity contribution in [1.82, 2.24) is 0 Å². The third-order valence-electron chi connectivity index (χ3n) is 3.91. The normalized spacial score (nSPS) is 22.2. The second kappa shape index (κ2) is 3.94. The molecule has 0 aromatic heterocycles. The van der Waals surface area contributed by atoms with Crippen LogP contribution in [0.25, 0.3) is 16.8 Å². The molecule has 2 aromatic carbocycles. The molecule has 0 spiro atoms. The number of rotatable bonds is 0. The summed E-state index contributed by atoms with van der Waals surface area (Å²) in [6, 6.07) is 8.19. The minimum atomic E-state index is -0.826. The predicted molar refractivity (Wildman–Crippen MR) is 73.4 cm³/mol. The van der Waals surface area contributed by atoms with E-state index in [0.29, 0.717) is 0 Å². The van der Waals surface area contributed by atoms with Crippen LogP contribution in [0.1, 0.15) is 28.4 Å². The molecule has 1 aliphatic carbocycles. The van der Waals surface area contributed by atoms with Crippen molar-refractivity contribution >= 4 is 16.8 Å². The largest absolute Gasteiger partial charge is 0.386 e. The molecule has 0 saturated heterocycles. The Kier molecular flexibility index (Phi) is 2.51. The standard InChI is InChI=1S/C16H16O2/c1-9-11-5-3-4-6-12(11)10(2)15-13(9)7-8-14(17)16(15)18/h3-8,14,16-18H,1-2H3. The Morgan fingerprint density at radius 2 is 1.56 bits per heavy atom. The zero-order chi connectivity index (χ0) is 12.9. The Hall–Kier alpha value is -1.64.